The second kappa shape index (κ2) is 8.11. The van der Waals surface area contributed by atoms with Crippen LogP contribution < -0.4 is 5.32 Å². The molecular weight excluding hydrogens is 244 g/mol. The molecule has 1 aromatic carbocycles. The second-order valence-electron chi connectivity index (χ2n) is 4.18. The Morgan fingerprint density at radius 3 is 2.74 bits per heavy atom. The number of nitrogens with zero attached hydrogens (tertiary/aromatic N) is 1. The highest BCUT2D eigenvalue weighted by Crippen LogP contribution is 2.04. The molecule has 0 saturated carbocycles. The topological polar surface area (TPSA) is 82.3 Å². The van der Waals surface area contributed by atoms with Gasteiger partial charge in [0.25, 0.3) is 0 Å². The number of hydrogen-bond acceptors (Lipinski definition) is 4. The predicted octanol–water partition coefficient (Wildman–Crippen LogP) is 1.97. The number of carbonyl (C=O) groups is 1. The van der Waals surface area contributed by atoms with Gasteiger partial charge in [0.15, 0.2) is 6.10 Å². The number of aliphatic hydroxyl groups excluding tert-OH is 1. The van der Waals surface area contributed by atoms with Crippen LogP contribution in [-0.2, 0) is 11.3 Å². The molecule has 0 fully saturated rings. The molecule has 0 aliphatic rings. The smallest absolute Gasteiger partial charge is 0.407 e. The molecule has 5 heteroatoms. The Hall–Kier alpha value is -2.06. The van der Waals surface area contributed by atoms with Crippen LogP contribution in [0.15, 0.2) is 30.3 Å². The monoisotopic (exact) mass is 262 g/mol. The van der Waals surface area contributed by atoms with Crippen molar-refractivity contribution in [3.05, 3.63) is 35.9 Å². The zero-order valence-electron chi connectivity index (χ0n) is 10.9. The normalized spacial score (nSPS) is 13.1. The molecule has 0 bridgehead atoms. The Morgan fingerprint density at radius 1 is 1.47 bits per heavy atom. The third-order valence-electron chi connectivity index (χ3n) is 2.63. The van der Waals surface area contributed by atoms with Gasteiger partial charge < -0.3 is 15.2 Å². The molecule has 0 spiro atoms. The van der Waals surface area contributed by atoms with Gasteiger partial charge in [-0.25, -0.2) is 4.79 Å². The average molecular weight is 262 g/mol. The molecule has 0 radical (unpaired) electrons. The van der Waals surface area contributed by atoms with Gasteiger partial charge in [-0.2, -0.15) is 5.26 Å². The number of aliphatic hydroxyl groups is 1. The third-order valence-corrected chi connectivity index (χ3v) is 2.63. The fraction of sp³-hybridized carbons (Fsp3) is 0.429. The minimum Gasteiger partial charge on any atom is -0.445 e. The van der Waals surface area contributed by atoms with Crippen molar-refractivity contribution in [2.75, 3.05) is 0 Å². The van der Waals surface area contributed by atoms with Crippen LogP contribution in [0.2, 0.25) is 0 Å². The lowest BCUT2D eigenvalue weighted by molar-refractivity contribution is 0.118. The summed E-state index contributed by atoms with van der Waals surface area (Å²) in [5.41, 5.74) is 0.880. The lowest BCUT2D eigenvalue weighted by Gasteiger charge is -2.18. The van der Waals surface area contributed by atoms with E-state index in [4.69, 9.17) is 10.00 Å². The molecule has 0 aliphatic heterocycles. The molecule has 0 aromatic heterocycles. The van der Waals surface area contributed by atoms with Crippen molar-refractivity contribution < 1.29 is 14.6 Å². The molecular formula is C14H18N2O3. The highest BCUT2D eigenvalue weighted by Gasteiger charge is 2.20. The van der Waals surface area contributed by atoms with Gasteiger partial charge in [-0.3, -0.25) is 0 Å². The van der Waals surface area contributed by atoms with E-state index in [-0.39, 0.29) is 6.61 Å². The van der Waals surface area contributed by atoms with Crippen molar-refractivity contribution >= 4 is 6.09 Å². The van der Waals surface area contributed by atoms with Gasteiger partial charge >= 0.3 is 6.09 Å². The fourth-order valence-electron chi connectivity index (χ4n) is 1.63. The highest BCUT2D eigenvalue weighted by molar-refractivity contribution is 5.67. The van der Waals surface area contributed by atoms with E-state index in [2.05, 4.69) is 5.32 Å². The van der Waals surface area contributed by atoms with Gasteiger partial charge in [0.2, 0.25) is 0 Å². The number of amides is 1. The zero-order valence-corrected chi connectivity index (χ0v) is 10.9. The summed E-state index contributed by atoms with van der Waals surface area (Å²) in [6, 6.07) is 10.4. The van der Waals surface area contributed by atoms with Crippen LogP contribution in [-0.4, -0.2) is 23.3 Å². The van der Waals surface area contributed by atoms with Crippen LogP contribution in [0.25, 0.3) is 0 Å². The molecule has 1 amide bonds. The lowest BCUT2D eigenvalue weighted by Crippen LogP contribution is -2.42. The molecule has 1 rings (SSSR count). The van der Waals surface area contributed by atoms with Crippen molar-refractivity contribution in [1.29, 1.82) is 5.26 Å². The standard InChI is InChI=1S/C14H18N2O3/c1-2-6-12(13(17)9-15)16-14(18)19-10-11-7-4-3-5-8-11/h3-5,7-8,12-13,17H,2,6,10H2,1H3,(H,16,18). The van der Waals surface area contributed by atoms with Crippen molar-refractivity contribution in [3.63, 3.8) is 0 Å². The largest absolute Gasteiger partial charge is 0.445 e. The molecule has 5 nitrogen and oxygen atoms in total. The van der Waals surface area contributed by atoms with E-state index < -0.39 is 18.2 Å². The van der Waals surface area contributed by atoms with Crippen molar-refractivity contribution in [2.45, 2.75) is 38.5 Å². The number of rotatable bonds is 6. The zero-order chi connectivity index (χ0) is 14.1. The maximum absolute atomic E-state index is 11.6. The minimum atomic E-state index is -1.22. The maximum atomic E-state index is 11.6. The van der Waals surface area contributed by atoms with Crippen LogP contribution in [0.3, 0.4) is 0 Å². The summed E-state index contributed by atoms with van der Waals surface area (Å²) in [6.45, 7) is 2.07. The molecule has 2 atom stereocenters. The van der Waals surface area contributed by atoms with E-state index in [0.717, 1.165) is 12.0 Å². The Kier molecular flexibility index (Phi) is 6.41. The summed E-state index contributed by atoms with van der Waals surface area (Å²) >= 11 is 0. The third kappa shape index (κ3) is 5.40. The van der Waals surface area contributed by atoms with Gasteiger partial charge in [0, 0.05) is 0 Å². The van der Waals surface area contributed by atoms with E-state index in [9.17, 15) is 9.90 Å². The van der Waals surface area contributed by atoms with E-state index >= 15 is 0 Å². The predicted molar refractivity (Wildman–Crippen MR) is 70.1 cm³/mol. The SMILES string of the molecule is CCCC(NC(=O)OCc1ccccc1)C(O)C#N. The number of alkyl carbamates (subject to hydrolysis) is 1. The first kappa shape index (κ1) is 15.0. The molecule has 0 heterocycles. The van der Waals surface area contributed by atoms with Crippen molar-refractivity contribution in [1.82, 2.24) is 5.32 Å². The van der Waals surface area contributed by atoms with Crippen LogP contribution in [0.5, 0.6) is 0 Å². The van der Waals surface area contributed by atoms with Gasteiger partial charge in [-0.05, 0) is 12.0 Å². The van der Waals surface area contributed by atoms with E-state index in [1.807, 2.05) is 37.3 Å². The summed E-state index contributed by atoms with van der Waals surface area (Å²) in [4.78, 5) is 11.6. The van der Waals surface area contributed by atoms with Gasteiger partial charge in [0.1, 0.15) is 6.61 Å². The number of nitriles is 1. The Bertz CT molecular complexity index is 428. The number of nitrogens with one attached hydrogen (secondary N) is 1. The van der Waals surface area contributed by atoms with Crippen LogP contribution in [0, 0.1) is 11.3 Å². The van der Waals surface area contributed by atoms with E-state index in [1.165, 1.54) is 0 Å². The first-order chi connectivity index (χ1) is 9.17. The fourth-order valence-corrected chi connectivity index (χ4v) is 1.63. The summed E-state index contributed by atoms with van der Waals surface area (Å²) in [5.74, 6) is 0. The van der Waals surface area contributed by atoms with Gasteiger partial charge in [0.05, 0.1) is 12.1 Å². The first-order valence-electron chi connectivity index (χ1n) is 6.22. The van der Waals surface area contributed by atoms with Crippen LogP contribution in [0.1, 0.15) is 25.3 Å². The lowest BCUT2D eigenvalue weighted by atomic mass is 10.1. The Morgan fingerprint density at radius 2 is 2.16 bits per heavy atom. The average Bonchev–Trinajstić information content (AvgIpc) is 2.45. The summed E-state index contributed by atoms with van der Waals surface area (Å²) in [7, 11) is 0. The van der Waals surface area contributed by atoms with Crippen molar-refractivity contribution in [3.8, 4) is 6.07 Å². The maximum Gasteiger partial charge on any atom is 0.407 e. The van der Waals surface area contributed by atoms with E-state index in [1.54, 1.807) is 6.07 Å². The molecule has 1 aromatic rings. The van der Waals surface area contributed by atoms with Gasteiger partial charge in [-0.15, -0.1) is 0 Å². The van der Waals surface area contributed by atoms with Crippen LogP contribution >= 0.6 is 0 Å². The number of hydrogen-bond donors (Lipinski definition) is 2. The molecule has 102 valence electrons. The summed E-state index contributed by atoms with van der Waals surface area (Å²) in [5, 5.41) is 20.6. The summed E-state index contributed by atoms with van der Waals surface area (Å²) < 4.78 is 5.03. The quantitative estimate of drug-likeness (QED) is 0.768. The first-order valence-corrected chi connectivity index (χ1v) is 6.22. The minimum absolute atomic E-state index is 0.161. The van der Waals surface area contributed by atoms with Crippen LogP contribution in [0.4, 0.5) is 4.79 Å². The van der Waals surface area contributed by atoms with Crippen molar-refractivity contribution in [2.24, 2.45) is 0 Å². The molecule has 0 aliphatic carbocycles. The molecule has 2 unspecified atom stereocenters. The number of ether oxygens (including phenoxy) is 1. The molecule has 2 N–H and O–H groups in total. The second-order valence-corrected chi connectivity index (χ2v) is 4.18. The summed E-state index contributed by atoms with van der Waals surface area (Å²) in [6.07, 6.45) is -0.571. The number of benzene rings is 1. The highest BCUT2D eigenvalue weighted by atomic mass is 16.5. The number of carbonyl (C=O) groups excluding carboxylic acids is 1. The molecule has 19 heavy (non-hydrogen) atoms. The Balaban J connectivity index is 2.43. The molecule has 0 saturated heterocycles. The Labute approximate surface area is 112 Å². The van der Waals surface area contributed by atoms with E-state index in [0.29, 0.717) is 6.42 Å². The van der Waals surface area contributed by atoms with Gasteiger partial charge in [-0.1, -0.05) is 43.7 Å².